The standard InChI is InChI=1S/C14H14F3N3O4/c1-6-10(7(2)20(3)19-6)11(14(15,16)17)18-12(21)8-4-5-9(24-8)13(22)23/h4-5,11H,1-3H3,(H,18,21)(H,22,23)/t11-/m0/s1. The number of furan rings is 1. The Morgan fingerprint density at radius 3 is 2.29 bits per heavy atom. The molecule has 2 N–H and O–H groups in total. The zero-order chi connectivity index (χ0) is 18.2. The van der Waals surface area contributed by atoms with Crippen LogP contribution in [0, 0.1) is 13.8 Å². The molecule has 0 spiro atoms. The fourth-order valence-corrected chi connectivity index (χ4v) is 2.30. The molecule has 0 radical (unpaired) electrons. The van der Waals surface area contributed by atoms with Gasteiger partial charge in [0.05, 0.1) is 5.69 Å². The van der Waals surface area contributed by atoms with Crippen LogP contribution in [0.1, 0.15) is 44.1 Å². The molecule has 1 amide bonds. The normalized spacial score (nSPS) is 12.9. The molecule has 2 heterocycles. The molecule has 10 heteroatoms. The Balaban J connectivity index is 2.36. The van der Waals surface area contributed by atoms with E-state index in [1.54, 1.807) is 0 Å². The first-order valence-electron chi connectivity index (χ1n) is 6.73. The van der Waals surface area contributed by atoms with Crippen LogP contribution in [0.3, 0.4) is 0 Å². The molecule has 0 fully saturated rings. The summed E-state index contributed by atoms with van der Waals surface area (Å²) in [5.74, 6) is -3.67. The highest BCUT2D eigenvalue weighted by molar-refractivity contribution is 5.93. The number of rotatable bonds is 4. The lowest BCUT2D eigenvalue weighted by Gasteiger charge is -2.22. The molecular formula is C14H14F3N3O4. The second kappa shape index (κ2) is 6.02. The summed E-state index contributed by atoms with van der Waals surface area (Å²) < 4.78 is 46.2. The van der Waals surface area contributed by atoms with Crippen LogP contribution >= 0.6 is 0 Å². The van der Waals surface area contributed by atoms with Crippen LogP contribution in [0.15, 0.2) is 16.5 Å². The number of hydrogen-bond acceptors (Lipinski definition) is 4. The number of carbonyl (C=O) groups excluding carboxylic acids is 1. The predicted octanol–water partition coefficient (Wildman–Crippen LogP) is 2.36. The first-order chi connectivity index (χ1) is 11.0. The summed E-state index contributed by atoms with van der Waals surface area (Å²) in [6, 6.07) is -0.313. The SMILES string of the molecule is Cc1nn(C)c(C)c1[C@H](NC(=O)c1ccc(C(=O)O)o1)C(F)(F)F. The molecular weight excluding hydrogens is 331 g/mol. The Morgan fingerprint density at radius 2 is 1.88 bits per heavy atom. The molecule has 0 aliphatic carbocycles. The van der Waals surface area contributed by atoms with Crippen LogP contribution < -0.4 is 5.32 Å². The maximum Gasteiger partial charge on any atom is 0.413 e. The zero-order valence-electron chi connectivity index (χ0n) is 12.9. The Hall–Kier alpha value is -2.78. The fourth-order valence-electron chi connectivity index (χ4n) is 2.30. The number of alkyl halides is 3. The number of aromatic carboxylic acids is 1. The van der Waals surface area contributed by atoms with Crippen molar-refractivity contribution in [1.29, 1.82) is 0 Å². The van der Waals surface area contributed by atoms with Crippen LogP contribution in [-0.2, 0) is 7.05 Å². The smallest absolute Gasteiger partial charge is 0.413 e. The van der Waals surface area contributed by atoms with Crippen LogP contribution in [0.2, 0.25) is 0 Å². The third-order valence-electron chi connectivity index (χ3n) is 3.50. The number of carboxylic acids is 1. The number of amides is 1. The monoisotopic (exact) mass is 345 g/mol. The largest absolute Gasteiger partial charge is 0.475 e. The average molecular weight is 345 g/mol. The molecule has 0 bridgehead atoms. The zero-order valence-corrected chi connectivity index (χ0v) is 12.9. The summed E-state index contributed by atoms with van der Waals surface area (Å²) in [6.45, 7) is 2.86. The van der Waals surface area contributed by atoms with Gasteiger partial charge in [0, 0.05) is 18.3 Å². The van der Waals surface area contributed by atoms with Gasteiger partial charge in [-0.2, -0.15) is 18.3 Å². The van der Waals surface area contributed by atoms with Crippen molar-refractivity contribution in [2.75, 3.05) is 0 Å². The van der Waals surface area contributed by atoms with E-state index in [4.69, 9.17) is 9.52 Å². The number of carboxylic acid groups (broad SMARTS) is 1. The number of carbonyl (C=O) groups is 2. The lowest BCUT2D eigenvalue weighted by molar-refractivity contribution is -0.155. The van der Waals surface area contributed by atoms with Gasteiger partial charge < -0.3 is 14.8 Å². The van der Waals surface area contributed by atoms with Gasteiger partial charge in [-0.1, -0.05) is 0 Å². The minimum atomic E-state index is -4.77. The van der Waals surface area contributed by atoms with E-state index in [1.165, 1.54) is 25.6 Å². The molecule has 0 aromatic carbocycles. The maximum atomic E-state index is 13.4. The predicted molar refractivity (Wildman–Crippen MR) is 74.6 cm³/mol. The van der Waals surface area contributed by atoms with Crippen molar-refractivity contribution < 1.29 is 32.3 Å². The minimum absolute atomic E-state index is 0.128. The maximum absolute atomic E-state index is 13.4. The van der Waals surface area contributed by atoms with Crippen LogP contribution in [-0.4, -0.2) is 32.9 Å². The quantitative estimate of drug-likeness (QED) is 0.887. The van der Waals surface area contributed by atoms with Gasteiger partial charge in [-0.25, -0.2) is 4.79 Å². The summed E-state index contributed by atoms with van der Waals surface area (Å²) in [7, 11) is 1.49. The Labute approximate surface area is 134 Å². The molecule has 2 aromatic heterocycles. The summed E-state index contributed by atoms with van der Waals surface area (Å²) >= 11 is 0. The Morgan fingerprint density at radius 1 is 1.29 bits per heavy atom. The van der Waals surface area contributed by atoms with Gasteiger partial charge in [0.2, 0.25) is 5.76 Å². The van der Waals surface area contributed by atoms with Crippen LogP contribution in [0.5, 0.6) is 0 Å². The lowest BCUT2D eigenvalue weighted by Crippen LogP contribution is -2.38. The molecule has 24 heavy (non-hydrogen) atoms. The molecule has 130 valence electrons. The second-order valence-electron chi connectivity index (χ2n) is 5.13. The van der Waals surface area contributed by atoms with E-state index in [9.17, 15) is 22.8 Å². The second-order valence-corrected chi connectivity index (χ2v) is 5.13. The highest BCUT2D eigenvalue weighted by Gasteiger charge is 2.45. The third-order valence-corrected chi connectivity index (χ3v) is 3.50. The number of nitrogens with zero attached hydrogens (tertiary/aromatic N) is 2. The van der Waals surface area contributed by atoms with E-state index < -0.39 is 35.6 Å². The van der Waals surface area contributed by atoms with Crippen molar-refractivity contribution in [2.45, 2.75) is 26.1 Å². The highest BCUT2D eigenvalue weighted by Crippen LogP contribution is 2.36. The molecule has 2 rings (SSSR count). The molecule has 0 unspecified atom stereocenters. The van der Waals surface area contributed by atoms with E-state index in [2.05, 4.69) is 5.10 Å². The molecule has 7 nitrogen and oxygen atoms in total. The van der Waals surface area contributed by atoms with E-state index in [1.807, 2.05) is 5.32 Å². The number of halogens is 3. The van der Waals surface area contributed by atoms with Crippen molar-refractivity contribution in [2.24, 2.45) is 7.05 Å². The van der Waals surface area contributed by atoms with Crippen molar-refractivity contribution in [3.8, 4) is 0 Å². The van der Waals surface area contributed by atoms with Gasteiger partial charge in [0.25, 0.3) is 5.91 Å². The first-order valence-corrected chi connectivity index (χ1v) is 6.73. The number of aromatic nitrogens is 2. The molecule has 0 aliphatic rings. The van der Waals surface area contributed by atoms with Gasteiger partial charge in [-0.05, 0) is 26.0 Å². The topological polar surface area (TPSA) is 97.4 Å². The minimum Gasteiger partial charge on any atom is -0.475 e. The number of nitrogens with one attached hydrogen (secondary N) is 1. The molecule has 0 saturated heterocycles. The number of hydrogen-bond donors (Lipinski definition) is 2. The van der Waals surface area contributed by atoms with Gasteiger partial charge in [0.15, 0.2) is 11.8 Å². The van der Waals surface area contributed by atoms with Crippen LogP contribution in [0.25, 0.3) is 0 Å². The van der Waals surface area contributed by atoms with Crippen molar-refractivity contribution >= 4 is 11.9 Å². The van der Waals surface area contributed by atoms with Crippen LogP contribution in [0.4, 0.5) is 13.2 Å². The molecule has 2 aromatic rings. The van der Waals surface area contributed by atoms with Crippen molar-refractivity contribution in [3.05, 3.63) is 40.6 Å². The summed E-state index contributed by atoms with van der Waals surface area (Å²) in [6.07, 6.45) is -4.77. The number of aryl methyl sites for hydroxylation is 2. The van der Waals surface area contributed by atoms with E-state index in [0.29, 0.717) is 0 Å². The molecule has 1 atom stereocenters. The first kappa shape index (κ1) is 17.6. The average Bonchev–Trinajstić information content (AvgIpc) is 3.02. The summed E-state index contributed by atoms with van der Waals surface area (Å²) in [5.41, 5.74) is 0.215. The molecule has 0 saturated carbocycles. The van der Waals surface area contributed by atoms with Crippen molar-refractivity contribution in [1.82, 2.24) is 15.1 Å². The van der Waals surface area contributed by atoms with Gasteiger partial charge in [-0.3, -0.25) is 9.48 Å². The van der Waals surface area contributed by atoms with E-state index in [0.717, 1.165) is 12.1 Å². The van der Waals surface area contributed by atoms with Crippen molar-refractivity contribution in [3.63, 3.8) is 0 Å². The fraction of sp³-hybridized carbons (Fsp3) is 0.357. The highest BCUT2D eigenvalue weighted by atomic mass is 19.4. The third kappa shape index (κ3) is 3.26. The summed E-state index contributed by atoms with van der Waals surface area (Å²) in [4.78, 5) is 22.7. The lowest BCUT2D eigenvalue weighted by atomic mass is 10.0. The Bertz CT molecular complexity index is 792. The van der Waals surface area contributed by atoms with E-state index in [-0.39, 0.29) is 17.0 Å². The Kier molecular flexibility index (Phi) is 4.41. The van der Waals surface area contributed by atoms with E-state index >= 15 is 0 Å². The van der Waals surface area contributed by atoms with Gasteiger partial charge in [-0.15, -0.1) is 0 Å². The molecule has 0 aliphatic heterocycles. The van der Waals surface area contributed by atoms with Gasteiger partial charge in [0.1, 0.15) is 0 Å². The summed E-state index contributed by atoms with van der Waals surface area (Å²) in [5, 5.41) is 14.5. The van der Waals surface area contributed by atoms with Gasteiger partial charge >= 0.3 is 12.1 Å².